The summed E-state index contributed by atoms with van der Waals surface area (Å²) >= 11 is 0. The van der Waals surface area contributed by atoms with Crippen molar-refractivity contribution in [3.63, 3.8) is 0 Å². The summed E-state index contributed by atoms with van der Waals surface area (Å²) in [4.78, 5) is 36.9. The van der Waals surface area contributed by atoms with Gasteiger partial charge in [-0.2, -0.15) is 5.10 Å². The fourth-order valence-corrected chi connectivity index (χ4v) is 4.13. The first-order valence-corrected chi connectivity index (χ1v) is 8.97. The molecule has 1 N–H and O–H groups in total. The molecular weight excluding hydrogens is 332 g/mol. The van der Waals surface area contributed by atoms with Crippen molar-refractivity contribution in [2.45, 2.75) is 32.2 Å². The van der Waals surface area contributed by atoms with Gasteiger partial charge in [-0.1, -0.05) is 6.07 Å². The van der Waals surface area contributed by atoms with Gasteiger partial charge in [0.25, 0.3) is 5.91 Å². The molecule has 0 aromatic carbocycles. The zero-order chi connectivity index (χ0) is 18.0. The van der Waals surface area contributed by atoms with Gasteiger partial charge in [0.2, 0.25) is 11.7 Å². The van der Waals surface area contributed by atoms with Crippen LogP contribution in [-0.2, 0) is 11.3 Å². The normalized spacial score (nSPS) is 23.5. The summed E-state index contributed by atoms with van der Waals surface area (Å²) in [6.45, 7) is 2.63. The van der Waals surface area contributed by atoms with Gasteiger partial charge in [-0.25, -0.2) is 4.98 Å². The molecule has 136 valence electrons. The van der Waals surface area contributed by atoms with E-state index >= 15 is 0 Å². The van der Waals surface area contributed by atoms with Crippen molar-refractivity contribution in [1.82, 2.24) is 30.0 Å². The minimum absolute atomic E-state index is 0.0376. The molecule has 4 heterocycles. The Morgan fingerprint density at radius 3 is 3.00 bits per heavy atom. The number of aromatic nitrogens is 4. The van der Waals surface area contributed by atoms with Gasteiger partial charge >= 0.3 is 0 Å². The van der Waals surface area contributed by atoms with Crippen LogP contribution in [0.4, 0.5) is 0 Å². The van der Waals surface area contributed by atoms with Gasteiger partial charge in [0.1, 0.15) is 6.33 Å². The molecule has 2 saturated heterocycles. The van der Waals surface area contributed by atoms with Gasteiger partial charge in [0, 0.05) is 50.4 Å². The molecule has 8 heteroatoms. The number of aromatic amines is 1. The lowest BCUT2D eigenvalue weighted by atomic mass is 9.73. The standard InChI is InChI=1S/C18H22N6O2/c25-15-4-6-18(12-24(15)10-14-3-1-7-19-9-14)5-2-8-23(11-18)17(26)16-20-13-21-22-16/h1,3,7,9,13H,2,4-6,8,10-12H2,(H,20,21,22)/t18-/m1/s1. The maximum atomic E-state index is 12.6. The monoisotopic (exact) mass is 354 g/mol. The third-order valence-corrected chi connectivity index (χ3v) is 5.41. The number of likely N-dealkylation sites (tertiary alicyclic amines) is 2. The summed E-state index contributed by atoms with van der Waals surface area (Å²) < 4.78 is 0. The Labute approximate surface area is 151 Å². The molecule has 4 rings (SSSR count). The van der Waals surface area contributed by atoms with E-state index in [1.54, 1.807) is 12.4 Å². The van der Waals surface area contributed by atoms with Crippen molar-refractivity contribution < 1.29 is 9.59 Å². The number of hydrogen-bond donors (Lipinski definition) is 1. The summed E-state index contributed by atoms with van der Waals surface area (Å²) in [5.74, 6) is 0.344. The Kier molecular flexibility index (Phi) is 4.40. The van der Waals surface area contributed by atoms with Crippen LogP contribution in [-0.4, -0.2) is 61.4 Å². The van der Waals surface area contributed by atoms with E-state index in [9.17, 15) is 9.59 Å². The molecule has 0 bridgehead atoms. The number of nitrogens with zero attached hydrogens (tertiary/aromatic N) is 5. The fraction of sp³-hybridized carbons (Fsp3) is 0.500. The molecule has 0 aliphatic carbocycles. The second-order valence-corrected chi connectivity index (χ2v) is 7.28. The average molecular weight is 354 g/mol. The SMILES string of the molecule is O=C1CC[C@@]2(CCCN(C(=O)c3ncn[nH]3)C2)CN1Cc1cccnc1. The lowest BCUT2D eigenvalue weighted by Crippen LogP contribution is -2.55. The first kappa shape index (κ1) is 16.7. The van der Waals surface area contributed by atoms with Crippen LogP contribution in [0.1, 0.15) is 41.9 Å². The molecular formula is C18H22N6O2. The molecule has 2 amide bonds. The predicted octanol–water partition coefficient (Wildman–Crippen LogP) is 1.24. The second-order valence-electron chi connectivity index (χ2n) is 7.28. The van der Waals surface area contributed by atoms with Crippen LogP contribution in [0, 0.1) is 5.41 Å². The van der Waals surface area contributed by atoms with Crippen molar-refractivity contribution >= 4 is 11.8 Å². The zero-order valence-corrected chi connectivity index (χ0v) is 14.6. The number of rotatable bonds is 3. The topological polar surface area (TPSA) is 95.1 Å². The Balaban J connectivity index is 1.48. The molecule has 2 aliphatic heterocycles. The smallest absolute Gasteiger partial charge is 0.291 e. The number of amides is 2. The summed E-state index contributed by atoms with van der Waals surface area (Å²) in [5, 5.41) is 6.42. The quantitative estimate of drug-likeness (QED) is 0.895. The van der Waals surface area contributed by atoms with E-state index < -0.39 is 0 Å². The van der Waals surface area contributed by atoms with E-state index in [0.717, 1.165) is 31.4 Å². The third kappa shape index (κ3) is 3.31. The van der Waals surface area contributed by atoms with Gasteiger partial charge in [-0.15, -0.1) is 0 Å². The lowest BCUT2D eigenvalue weighted by molar-refractivity contribution is -0.139. The highest BCUT2D eigenvalue weighted by Crippen LogP contribution is 2.39. The molecule has 26 heavy (non-hydrogen) atoms. The molecule has 2 aromatic heterocycles. The Morgan fingerprint density at radius 2 is 2.23 bits per heavy atom. The van der Waals surface area contributed by atoms with E-state index in [-0.39, 0.29) is 23.1 Å². The van der Waals surface area contributed by atoms with Gasteiger partial charge < -0.3 is 9.80 Å². The molecule has 8 nitrogen and oxygen atoms in total. The van der Waals surface area contributed by atoms with Gasteiger partial charge in [0.15, 0.2) is 0 Å². The maximum absolute atomic E-state index is 12.6. The Morgan fingerprint density at radius 1 is 1.31 bits per heavy atom. The van der Waals surface area contributed by atoms with Crippen LogP contribution in [0.15, 0.2) is 30.9 Å². The predicted molar refractivity (Wildman–Crippen MR) is 92.8 cm³/mol. The highest BCUT2D eigenvalue weighted by atomic mass is 16.2. The van der Waals surface area contributed by atoms with Gasteiger partial charge in [-0.3, -0.25) is 19.7 Å². The van der Waals surface area contributed by atoms with Crippen LogP contribution in [0.3, 0.4) is 0 Å². The Hall–Kier alpha value is -2.77. The zero-order valence-electron chi connectivity index (χ0n) is 14.6. The van der Waals surface area contributed by atoms with E-state index in [0.29, 0.717) is 26.1 Å². The molecule has 0 radical (unpaired) electrons. The third-order valence-electron chi connectivity index (χ3n) is 5.41. The van der Waals surface area contributed by atoms with Crippen LogP contribution in [0.2, 0.25) is 0 Å². The first-order valence-electron chi connectivity index (χ1n) is 8.97. The fourth-order valence-electron chi connectivity index (χ4n) is 4.13. The highest BCUT2D eigenvalue weighted by molar-refractivity contribution is 5.90. The molecule has 2 aromatic rings. The lowest BCUT2D eigenvalue weighted by Gasteiger charge is -2.48. The van der Waals surface area contributed by atoms with Crippen LogP contribution < -0.4 is 0 Å². The highest BCUT2D eigenvalue weighted by Gasteiger charge is 2.43. The number of carbonyl (C=O) groups is 2. The largest absolute Gasteiger partial charge is 0.338 e. The van der Waals surface area contributed by atoms with Gasteiger partial charge in [-0.05, 0) is 30.9 Å². The molecule has 1 spiro atoms. The van der Waals surface area contributed by atoms with Crippen molar-refractivity contribution in [2.24, 2.45) is 5.41 Å². The second kappa shape index (κ2) is 6.86. The summed E-state index contributed by atoms with van der Waals surface area (Å²) in [7, 11) is 0. The van der Waals surface area contributed by atoms with Crippen LogP contribution in [0.5, 0.6) is 0 Å². The van der Waals surface area contributed by atoms with E-state index in [2.05, 4.69) is 20.2 Å². The number of pyridine rings is 1. The average Bonchev–Trinajstić information content (AvgIpc) is 3.20. The van der Waals surface area contributed by atoms with Crippen molar-refractivity contribution in [3.8, 4) is 0 Å². The van der Waals surface area contributed by atoms with Crippen molar-refractivity contribution in [1.29, 1.82) is 0 Å². The van der Waals surface area contributed by atoms with E-state index in [1.165, 1.54) is 6.33 Å². The molecule has 0 saturated carbocycles. The molecule has 2 fully saturated rings. The van der Waals surface area contributed by atoms with Gasteiger partial charge in [0.05, 0.1) is 0 Å². The maximum Gasteiger partial charge on any atom is 0.291 e. The van der Waals surface area contributed by atoms with Crippen LogP contribution in [0.25, 0.3) is 0 Å². The minimum atomic E-state index is -0.114. The molecule has 2 aliphatic rings. The number of piperidine rings is 2. The minimum Gasteiger partial charge on any atom is -0.338 e. The van der Waals surface area contributed by atoms with E-state index in [4.69, 9.17) is 0 Å². The summed E-state index contributed by atoms with van der Waals surface area (Å²) in [5.41, 5.74) is 0.993. The number of carbonyl (C=O) groups excluding carboxylic acids is 2. The molecule has 1 atom stereocenters. The summed E-state index contributed by atoms with van der Waals surface area (Å²) in [6, 6.07) is 3.88. The van der Waals surface area contributed by atoms with Crippen molar-refractivity contribution in [2.75, 3.05) is 19.6 Å². The number of hydrogen-bond acceptors (Lipinski definition) is 5. The van der Waals surface area contributed by atoms with E-state index in [1.807, 2.05) is 21.9 Å². The number of nitrogens with one attached hydrogen (secondary N) is 1. The number of H-pyrrole nitrogens is 1. The molecule has 0 unspecified atom stereocenters. The Bertz CT molecular complexity index is 778. The van der Waals surface area contributed by atoms with Crippen molar-refractivity contribution in [3.05, 3.63) is 42.2 Å². The first-order chi connectivity index (χ1) is 12.7. The summed E-state index contributed by atoms with van der Waals surface area (Å²) in [6.07, 6.45) is 8.22. The van der Waals surface area contributed by atoms with Crippen LogP contribution >= 0.6 is 0 Å².